The van der Waals surface area contributed by atoms with Crippen LogP contribution in [-0.4, -0.2) is 77.5 Å². The first-order valence-corrected chi connectivity index (χ1v) is 12.5. The van der Waals surface area contributed by atoms with Gasteiger partial charge in [-0.05, 0) is 76.3 Å². The number of rotatable bonds is 6. The summed E-state index contributed by atoms with van der Waals surface area (Å²) in [6.45, 7) is 9.80. The minimum Gasteiger partial charge on any atom is -0.354 e. The number of aromatic amines is 1. The lowest BCUT2D eigenvalue weighted by Gasteiger charge is -2.35. The summed E-state index contributed by atoms with van der Waals surface area (Å²) in [7, 11) is 4.06. The van der Waals surface area contributed by atoms with E-state index in [9.17, 15) is 4.79 Å². The molecule has 0 aliphatic carbocycles. The first-order chi connectivity index (χ1) is 17.3. The zero-order valence-electron chi connectivity index (χ0n) is 21.8. The molecule has 7 nitrogen and oxygen atoms in total. The molecule has 0 unspecified atom stereocenters. The number of piperazine rings is 1. The third kappa shape index (κ3) is 4.84. The smallest absolute Gasteiger partial charge is 0.242 e. The van der Waals surface area contributed by atoms with E-state index in [1.54, 1.807) is 0 Å². The normalized spacial score (nSPS) is 14.3. The Hall–Kier alpha value is -3.71. The Bertz CT molecular complexity index is 1390. The monoisotopic (exact) mass is 482 g/mol. The number of anilines is 1. The third-order valence-electron chi connectivity index (χ3n) is 6.97. The highest BCUT2D eigenvalue weighted by Gasteiger charge is 2.24. The standard InChI is InChI=1S/C29H34N6O/c1-19-14-24(15-20(2)31-19)29-21(3)25-8-6-22(16-26(25)32-29)23-7-9-27(30-17-23)35-13-12-34(28(36)18-35)11-10-33(4)5/h6-9,14-17,32H,10-13,18H2,1-5H3. The van der Waals surface area contributed by atoms with E-state index in [2.05, 4.69) is 63.1 Å². The van der Waals surface area contributed by atoms with E-state index in [1.807, 2.05) is 45.1 Å². The van der Waals surface area contributed by atoms with E-state index in [0.717, 1.165) is 71.3 Å². The largest absolute Gasteiger partial charge is 0.354 e. The van der Waals surface area contributed by atoms with Crippen molar-refractivity contribution in [3.05, 3.63) is 65.6 Å². The van der Waals surface area contributed by atoms with Gasteiger partial charge in [-0.3, -0.25) is 9.78 Å². The number of nitrogens with zero attached hydrogens (tertiary/aromatic N) is 5. The number of benzene rings is 1. The van der Waals surface area contributed by atoms with E-state index < -0.39 is 0 Å². The number of fused-ring (bicyclic) bond motifs is 1. The van der Waals surface area contributed by atoms with Crippen molar-refractivity contribution in [2.75, 3.05) is 51.7 Å². The maximum Gasteiger partial charge on any atom is 0.242 e. The number of amides is 1. The van der Waals surface area contributed by atoms with Crippen molar-refractivity contribution in [2.45, 2.75) is 20.8 Å². The fraction of sp³-hybridized carbons (Fsp3) is 0.345. The van der Waals surface area contributed by atoms with Gasteiger partial charge in [0.25, 0.3) is 0 Å². The van der Waals surface area contributed by atoms with Gasteiger partial charge in [0.15, 0.2) is 0 Å². The van der Waals surface area contributed by atoms with Crippen LogP contribution in [0.2, 0.25) is 0 Å². The van der Waals surface area contributed by atoms with Gasteiger partial charge in [0.05, 0.1) is 6.54 Å². The number of aryl methyl sites for hydroxylation is 3. The lowest BCUT2D eigenvalue weighted by Crippen LogP contribution is -2.52. The molecule has 1 saturated heterocycles. The molecule has 0 radical (unpaired) electrons. The van der Waals surface area contributed by atoms with Crippen molar-refractivity contribution in [2.24, 2.45) is 0 Å². The van der Waals surface area contributed by atoms with Gasteiger partial charge in [-0.15, -0.1) is 0 Å². The molecule has 36 heavy (non-hydrogen) atoms. The molecule has 1 aromatic carbocycles. The Kier molecular flexibility index (Phi) is 6.49. The van der Waals surface area contributed by atoms with E-state index in [4.69, 9.17) is 4.98 Å². The number of nitrogens with one attached hydrogen (secondary N) is 1. The van der Waals surface area contributed by atoms with Crippen LogP contribution in [0.15, 0.2) is 48.7 Å². The summed E-state index contributed by atoms with van der Waals surface area (Å²) in [6.07, 6.45) is 1.91. The molecule has 4 aromatic rings. The highest BCUT2D eigenvalue weighted by molar-refractivity contribution is 5.93. The predicted molar refractivity (Wildman–Crippen MR) is 146 cm³/mol. The molecule has 186 valence electrons. The second-order valence-corrected chi connectivity index (χ2v) is 10.0. The molecule has 0 atom stereocenters. The van der Waals surface area contributed by atoms with E-state index in [-0.39, 0.29) is 5.91 Å². The molecule has 5 rings (SSSR count). The topological polar surface area (TPSA) is 68.4 Å². The molecule has 1 amide bonds. The lowest BCUT2D eigenvalue weighted by molar-refractivity contribution is -0.131. The van der Waals surface area contributed by atoms with Crippen molar-refractivity contribution in [3.8, 4) is 22.4 Å². The summed E-state index contributed by atoms with van der Waals surface area (Å²) in [4.78, 5) is 31.6. The minimum atomic E-state index is 0.164. The van der Waals surface area contributed by atoms with Gasteiger partial charge in [-0.2, -0.15) is 0 Å². The minimum absolute atomic E-state index is 0.164. The summed E-state index contributed by atoms with van der Waals surface area (Å²) >= 11 is 0. The molecule has 0 spiro atoms. The molecular formula is C29H34N6O. The van der Waals surface area contributed by atoms with Gasteiger partial charge in [0, 0.05) is 71.5 Å². The number of hydrogen-bond acceptors (Lipinski definition) is 5. The number of carbonyl (C=O) groups is 1. The number of pyridine rings is 2. The van der Waals surface area contributed by atoms with Crippen LogP contribution in [0.1, 0.15) is 17.0 Å². The molecule has 1 aliphatic heterocycles. The number of hydrogen-bond donors (Lipinski definition) is 1. The Morgan fingerprint density at radius 1 is 0.944 bits per heavy atom. The van der Waals surface area contributed by atoms with Gasteiger partial charge in [-0.25, -0.2) is 4.98 Å². The number of likely N-dealkylation sites (N-methyl/N-ethyl adjacent to an activating group) is 1. The molecule has 0 saturated carbocycles. The molecule has 1 aliphatic rings. The van der Waals surface area contributed by atoms with Crippen LogP contribution in [0.25, 0.3) is 33.3 Å². The van der Waals surface area contributed by atoms with Crippen LogP contribution in [-0.2, 0) is 4.79 Å². The Balaban J connectivity index is 1.34. The van der Waals surface area contributed by atoms with Crippen molar-refractivity contribution >= 4 is 22.6 Å². The highest BCUT2D eigenvalue weighted by Crippen LogP contribution is 2.33. The van der Waals surface area contributed by atoms with Crippen molar-refractivity contribution < 1.29 is 4.79 Å². The van der Waals surface area contributed by atoms with Crippen LogP contribution in [0.4, 0.5) is 5.82 Å². The quantitative estimate of drug-likeness (QED) is 0.440. The summed E-state index contributed by atoms with van der Waals surface area (Å²) in [5.74, 6) is 1.01. The number of H-pyrrole nitrogens is 1. The average molecular weight is 483 g/mol. The summed E-state index contributed by atoms with van der Waals surface area (Å²) < 4.78 is 0. The zero-order valence-corrected chi connectivity index (χ0v) is 21.8. The van der Waals surface area contributed by atoms with Crippen LogP contribution in [0.3, 0.4) is 0 Å². The second-order valence-electron chi connectivity index (χ2n) is 10.0. The maximum absolute atomic E-state index is 12.6. The molecule has 4 heterocycles. The lowest BCUT2D eigenvalue weighted by atomic mass is 10.0. The summed E-state index contributed by atoms with van der Waals surface area (Å²) in [5.41, 5.74) is 8.86. The predicted octanol–water partition coefficient (Wildman–Crippen LogP) is 4.43. The second kappa shape index (κ2) is 9.74. The average Bonchev–Trinajstić information content (AvgIpc) is 3.18. The first-order valence-electron chi connectivity index (χ1n) is 12.5. The Morgan fingerprint density at radius 3 is 2.36 bits per heavy atom. The van der Waals surface area contributed by atoms with Crippen LogP contribution < -0.4 is 4.90 Å². The van der Waals surface area contributed by atoms with Gasteiger partial charge in [0.2, 0.25) is 5.91 Å². The third-order valence-corrected chi connectivity index (χ3v) is 6.97. The van der Waals surface area contributed by atoms with Crippen LogP contribution in [0, 0.1) is 20.8 Å². The highest BCUT2D eigenvalue weighted by atomic mass is 16.2. The SMILES string of the molecule is Cc1cc(-c2[nH]c3cc(-c4ccc(N5CCN(CCN(C)C)C(=O)C5)nc4)ccc3c2C)cc(C)n1. The molecular weight excluding hydrogens is 448 g/mol. The number of aromatic nitrogens is 3. The zero-order chi connectivity index (χ0) is 25.4. The van der Waals surface area contributed by atoms with E-state index in [1.165, 1.54) is 10.9 Å². The van der Waals surface area contributed by atoms with Crippen molar-refractivity contribution in [1.82, 2.24) is 24.8 Å². The molecule has 1 fully saturated rings. The van der Waals surface area contributed by atoms with Crippen LogP contribution in [0.5, 0.6) is 0 Å². The molecule has 3 aromatic heterocycles. The number of carbonyl (C=O) groups excluding carboxylic acids is 1. The van der Waals surface area contributed by atoms with Crippen molar-refractivity contribution in [1.29, 1.82) is 0 Å². The van der Waals surface area contributed by atoms with E-state index >= 15 is 0 Å². The van der Waals surface area contributed by atoms with Crippen molar-refractivity contribution in [3.63, 3.8) is 0 Å². The fourth-order valence-electron chi connectivity index (χ4n) is 4.99. The van der Waals surface area contributed by atoms with Gasteiger partial charge in [-0.1, -0.05) is 12.1 Å². The molecule has 7 heteroatoms. The summed E-state index contributed by atoms with van der Waals surface area (Å²) in [6, 6.07) is 14.9. The Morgan fingerprint density at radius 2 is 1.69 bits per heavy atom. The van der Waals surface area contributed by atoms with Gasteiger partial charge in [0.1, 0.15) is 5.82 Å². The Labute approximate surface area is 212 Å². The van der Waals surface area contributed by atoms with E-state index in [0.29, 0.717) is 6.54 Å². The first kappa shape index (κ1) is 24.0. The summed E-state index contributed by atoms with van der Waals surface area (Å²) in [5, 5.41) is 1.22. The van der Waals surface area contributed by atoms with Crippen LogP contribution >= 0.6 is 0 Å². The fourth-order valence-corrected chi connectivity index (χ4v) is 4.99. The van der Waals surface area contributed by atoms with Gasteiger partial charge >= 0.3 is 0 Å². The molecule has 0 bridgehead atoms. The molecule has 1 N–H and O–H groups in total. The maximum atomic E-state index is 12.6. The van der Waals surface area contributed by atoms with Gasteiger partial charge < -0.3 is 19.7 Å².